The van der Waals surface area contributed by atoms with E-state index in [0.717, 1.165) is 11.3 Å². The number of alkyl halides is 3. The lowest BCUT2D eigenvalue weighted by Gasteiger charge is -2.15. The molecule has 0 saturated heterocycles. The number of hydrogen-bond donors (Lipinski definition) is 1. The van der Waals surface area contributed by atoms with Crippen molar-refractivity contribution in [3.8, 4) is 5.88 Å². The fourth-order valence-corrected chi connectivity index (χ4v) is 4.29. The average molecular weight is 509 g/mol. The normalized spacial score (nSPS) is 11.6. The van der Waals surface area contributed by atoms with Crippen LogP contribution in [0.4, 0.5) is 22.0 Å². The highest BCUT2D eigenvalue weighted by Crippen LogP contribution is 2.39. The van der Waals surface area contributed by atoms with Gasteiger partial charge in [0.15, 0.2) is 0 Å². The Morgan fingerprint density at radius 3 is 1.82 bits per heavy atom. The summed E-state index contributed by atoms with van der Waals surface area (Å²) >= 11 is 0.962. The fourth-order valence-electron chi connectivity index (χ4n) is 2.71. The number of benzene rings is 2. The van der Waals surface area contributed by atoms with Crippen LogP contribution in [0.2, 0.25) is 0 Å². The third-order valence-corrected chi connectivity index (χ3v) is 6.31. The zero-order chi connectivity index (χ0) is 24.8. The molecule has 0 radical (unpaired) electrons. The number of thiazole rings is 1. The van der Waals surface area contributed by atoms with Gasteiger partial charge in [0.2, 0.25) is 5.88 Å². The van der Waals surface area contributed by atoms with Gasteiger partial charge in [0.1, 0.15) is 16.6 Å². The van der Waals surface area contributed by atoms with Crippen molar-refractivity contribution in [2.45, 2.75) is 24.8 Å². The van der Waals surface area contributed by atoms with Crippen molar-refractivity contribution in [3.63, 3.8) is 0 Å². The molecule has 13 heteroatoms. The minimum atomic E-state index is -5.89. The Morgan fingerprint density at radius 2 is 1.45 bits per heavy atom. The van der Waals surface area contributed by atoms with Gasteiger partial charge in [-0.15, -0.1) is 11.3 Å². The van der Waals surface area contributed by atoms with Gasteiger partial charge in [0.05, 0.1) is 10.8 Å². The second kappa shape index (κ2) is 10.7. The highest BCUT2D eigenvalue weighted by atomic mass is 32.2. The molecule has 1 heterocycles. The third kappa shape index (κ3) is 6.48. The molecule has 33 heavy (non-hydrogen) atoms. The number of halogens is 5. The maximum atomic E-state index is 13.4. The van der Waals surface area contributed by atoms with E-state index in [4.69, 9.17) is 9.90 Å². The minimum absolute atomic E-state index is 0.167. The summed E-state index contributed by atoms with van der Waals surface area (Å²) in [6, 6.07) is 10.6. The molecule has 1 aromatic heterocycles. The summed E-state index contributed by atoms with van der Waals surface area (Å²) in [5, 5.41) is 7.11. The lowest BCUT2D eigenvalue weighted by molar-refractivity contribution is -0.122. The Balaban J connectivity index is 0.00000122. The Hall–Kier alpha value is -3.06. The van der Waals surface area contributed by atoms with E-state index < -0.39 is 39.1 Å². The van der Waals surface area contributed by atoms with E-state index >= 15 is 0 Å². The van der Waals surface area contributed by atoms with Gasteiger partial charge in [-0.2, -0.15) is 21.6 Å². The number of carbonyl (C=O) groups is 1. The molecular weight excluding hydrogens is 493 g/mol. The summed E-state index contributed by atoms with van der Waals surface area (Å²) in [7, 11) is -5.89. The molecule has 0 fully saturated rings. The average Bonchev–Trinajstić information content (AvgIpc) is 3.12. The van der Waals surface area contributed by atoms with Crippen LogP contribution in [-0.2, 0) is 21.3 Å². The Bertz CT molecular complexity index is 1130. The van der Waals surface area contributed by atoms with Crippen molar-refractivity contribution in [3.05, 3.63) is 81.2 Å². The van der Waals surface area contributed by atoms with Gasteiger partial charge < -0.3 is 9.29 Å². The van der Waals surface area contributed by atoms with E-state index in [1.54, 1.807) is 6.92 Å². The van der Waals surface area contributed by atoms with Crippen LogP contribution in [-0.4, -0.2) is 30.5 Å². The first-order valence-corrected chi connectivity index (χ1v) is 11.2. The topological polar surface area (TPSA) is 93.6 Å². The molecule has 3 aromatic rings. The summed E-state index contributed by atoms with van der Waals surface area (Å²) in [4.78, 5) is 12.6. The summed E-state index contributed by atoms with van der Waals surface area (Å²) in [5.41, 5.74) is -4.54. The van der Waals surface area contributed by atoms with Gasteiger partial charge in [-0.3, -0.25) is 4.79 Å². The molecule has 0 bridgehead atoms. The minimum Gasteiger partial charge on any atom is -0.483 e. The molecule has 0 atom stereocenters. The lowest BCUT2D eigenvalue weighted by Crippen LogP contribution is -2.28. The molecule has 0 unspecified atom stereocenters. The SMILES string of the molecule is CCc1sc(C(c2ccc(F)cc2)c2ccc(F)cc2)nc1OS(=O)(=O)C(F)(F)F.O=CO. The van der Waals surface area contributed by atoms with E-state index in [2.05, 4.69) is 9.17 Å². The van der Waals surface area contributed by atoms with Crippen LogP contribution in [0.15, 0.2) is 48.5 Å². The Kier molecular flexibility index (Phi) is 8.50. The number of carboxylic acid groups (broad SMARTS) is 1. The molecule has 0 spiro atoms. The number of nitrogens with zero attached hydrogens (tertiary/aromatic N) is 1. The molecule has 1 N–H and O–H groups in total. The maximum Gasteiger partial charge on any atom is 0.534 e. The Morgan fingerprint density at radius 1 is 1.03 bits per heavy atom. The maximum absolute atomic E-state index is 13.4. The smallest absolute Gasteiger partial charge is 0.483 e. The van der Waals surface area contributed by atoms with E-state index in [1.165, 1.54) is 48.5 Å². The summed E-state index contributed by atoms with van der Waals surface area (Å²) in [6.07, 6.45) is 0.167. The van der Waals surface area contributed by atoms with Gasteiger partial charge in [-0.1, -0.05) is 31.2 Å². The van der Waals surface area contributed by atoms with Crippen LogP contribution in [0.5, 0.6) is 5.88 Å². The van der Waals surface area contributed by atoms with Gasteiger partial charge >= 0.3 is 15.6 Å². The van der Waals surface area contributed by atoms with E-state index in [-0.39, 0.29) is 22.8 Å². The van der Waals surface area contributed by atoms with Crippen LogP contribution >= 0.6 is 11.3 Å². The van der Waals surface area contributed by atoms with E-state index in [1.807, 2.05) is 0 Å². The number of rotatable bonds is 6. The second-order valence-electron chi connectivity index (χ2n) is 6.26. The van der Waals surface area contributed by atoms with Gasteiger partial charge in [-0.05, 0) is 41.8 Å². The largest absolute Gasteiger partial charge is 0.534 e. The third-order valence-electron chi connectivity index (χ3n) is 4.12. The van der Waals surface area contributed by atoms with Crippen molar-refractivity contribution >= 4 is 27.9 Å². The van der Waals surface area contributed by atoms with Crippen LogP contribution in [0.25, 0.3) is 0 Å². The number of aryl methyl sites for hydroxylation is 1. The van der Waals surface area contributed by atoms with Crippen molar-refractivity contribution in [2.24, 2.45) is 0 Å². The van der Waals surface area contributed by atoms with Crippen LogP contribution in [0.1, 0.15) is 33.9 Å². The van der Waals surface area contributed by atoms with Crippen molar-refractivity contribution in [2.75, 3.05) is 0 Å². The zero-order valence-corrected chi connectivity index (χ0v) is 18.3. The predicted molar refractivity (Wildman–Crippen MR) is 110 cm³/mol. The van der Waals surface area contributed by atoms with Crippen molar-refractivity contribution < 1.29 is 44.5 Å². The zero-order valence-electron chi connectivity index (χ0n) is 16.7. The molecule has 0 aliphatic rings. The fraction of sp³-hybridized carbons (Fsp3) is 0.200. The molecule has 0 aliphatic heterocycles. The Labute approximate surface area is 189 Å². The number of aromatic nitrogens is 1. The monoisotopic (exact) mass is 509 g/mol. The van der Waals surface area contributed by atoms with Crippen LogP contribution in [0.3, 0.4) is 0 Å². The van der Waals surface area contributed by atoms with Gasteiger partial charge in [0.25, 0.3) is 6.47 Å². The molecule has 0 amide bonds. The quantitative estimate of drug-likeness (QED) is 0.215. The summed E-state index contributed by atoms with van der Waals surface area (Å²) < 4.78 is 92.0. The molecule has 6 nitrogen and oxygen atoms in total. The molecular formula is C20H16F5NO5S2. The standard InChI is InChI=1S/C19H14F5NO3S2.CH2O2/c1-2-15-17(28-30(26,27)19(22,23)24)25-18(29-15)16(11-3-7-13(20)8-4-11)12-5-9-14(21)10-6-12;2-1-3/h3-10,16H,2H2,1H3;1H,(H,2,3). The van der Waals surface area contributed by atoms with E-state index in [9.17, 15) is 30.4 Å². The van der Waals surface area contributed by atoms with Gasteiger partial charge in [0, 0.05) is 0 Å². The summed E-state index contributed by atoms with van der Waals surface area (Å²) in [6.45, 7) is 1.36. The summed E-state index contributed by atoms with van der Waals surface area (Å²) in [5.74, 6) is -2.35. The van der Waals surface area contributed by atoms with Crippen LogP contribution < -0.4 is 4.18 Å². The predicted octanol–water partition coefficient (Wildman–Crippen LogP) is 5.09. The first kappa shape index (κ1) is 26.2. The van der Waals surface area contributed by atoms with Crippen molar-refractivity contribution in [1.29, 1.82) is 0 Å². The highest BCUT2D eigenvalue weighted by molar-refractivity contribution is 7.88. The molecule has 0 saturated carbocycles. The number of hydrogen-bond acceptors (Lipinski definition) is 6. The van der Waals surface area contributed by atoms with Gasteiger partial charge in [-0.25, -0.2) is 13.8 Å². The molecule has 0 aliphatic carbocycles. The first-order chi connectivity index (χ1) is 15.4. The second-order valence-corrected chi connectivity index (χ2v) is 8.91. The molecule has 178 valence electrons. The van der Waals surface area contributed by atoms with E-state index in [0.29, 0.717) is 11.1 Å². The highest BCUT2D eigenvalue weighted by Gasteiger charge is 2.49. The molecule has 3 rings (SSSR count). The first-order valence-electron chi connectivity index (χ1n) is 9.02. The van der Waals surface area contributed by atoms with Crippen LogP contribution in [0, 0.1) is 11.6 Å². The molecule has 2 aromatic carbocycles. The van der Waals surface area contributed by atoms with Crippen molar-refractivity contribution in [1.82, 2.24) is 4.98 Å². The lowest BCUT2D eigenvalue weighted by atomic mass is 9.92.